The van der Waals surface area contributed by atoms with Crippen LogP contribution in [0.15, 0.2) is 22.9 Å². The molecular weight excluding hydrogens is 192 g/mol. The van der Waals surface area contributed by atoms with Crippen molar-refractivity contribution in [2.75, 3.05) is 7.05 Å². The van der Waals surface area contributed by atoms with Crippen molar-refractivity contribution in [1.29, 1.82) is 0 Å². The van der Waals surface area contributed by atoms with E-state index in [1.807, 2.05) is 26.1 Å². The van der Waals surface area contributed by atoms with Gasteiger partial charge in [0.15, 0.2) is 5.82 Å². The van der Waals surface area contributed by atoms with Gasteiger partial charge in [0.25, 0.3) is 5.89 Å². The van der Waals surface area contributed by atoms with E-state index in [2.05, 4.69) is 20.4 Å². The molecule has 0 saturated heterocycles. The zero-order valence-electron chi connectivity index (χ0n) is 8.69. The Kier molecular flexibility index (Phi) is 2.73. The smallest absolute Gasteiger partial charge is 0.259 e. The molecule has 0 atom stereocenters. The number of hydrogen-bond acceptors (Lipinski definition) is 5. The molecule has 0 fully saturated rings. The fourth-order valence-corrected chi connectivity index (χ4v) is 1.20. The van der Waals surface area contributed by atoms with Crippen molar-refractivity contribution in [2.45, 2.75) is 13.5 Å². The highest BCUT2D eigenvalue weighted by Gasteiger charge is 2.07. The average molecular weight is 204 g/mol. The van der Waals surface area contributed by atoms with Crippen LogP contribution in [0.5, 0.6) is 0 Å². The first-order valence-corrected chi connectivity index (χ1v) is 4.70. The van der Waals surface area contributed by atoms with Gasteiger partial charge in [-0.3, -0.25) is 4.98 Å². The maximum atomic E-state index is 5.10. The zero-order valence-corrected chi connectivity index (χ0v) is 8.69. The minimum absolute atomic E-state index is 0.507. The van der Waals surface area contributed by atoms with Gasteiger partial charge in [-0.05, 0) is 26.1 Å². The Morgan fingerprint density at radius 3 is 2.93 bits per heavy atom. The second-order valence-electron chi connectivity index (χ2n) is 3.23. The number of nitrogens with one attached hydrogen (secondary N) is 1. The van der Waals surface area contributed by atoms with Crippen LogP contribution < -0.4 is 5.32 Å². The summed E-state index contributed by atoms with van der Waals surface area (Å²) in [7, 11) is 1.84. The molecule has 0 saturated carbocycles. The summed E-state index contributed by atoms with van der Waals surface area (Å²) in [5.41, 5.74) is 1.81. The first kappa shape index (κ1) is 9.79. The minimum Gasteiger partial charge on any atom is -0.334 e. The largest absolute Gasteiger partial charge is 0.334 e. The molecule has 0 bridgehead atoms. The third-order valence-electron chi connectivity index (χ3n) is 1.96. The SMILES string of the molecule is CNCc1noc(-c2ccc(C)nc2)n1. The lowest BCUT2D eigenvalue weighted by molar-refractivity contribution is 0.420. The summed E-state index contributed by atoms with van der Waals surface area (Å²) in [6.45, 7) is 2.53. The Balaban J connectivity index is 2.25. The van der Waals surface area contributed by atoms with Crippen molar-refractivity contribution >= 4 is 0 Å². The molecule has 0 spiro atoms. The lowest BCUT2D eigenvalue weighted by Crippen LogP contribution is -2.06. The number of pyridine rings is 1. The standard InChI is InChI=1S/C10H12N4O/c1-7-3-4-8(5-12-7)10-13-9(6-11-2)14-15-10/h3-5,11H,6H2,1-2H3. The quantitative estimate of drug-likeness (QED) is 0.812. The maximum Gasteiger partial charge on any atom is 0.259 e. The number of nitrogens with zero attached hydrogens (tertiary/aromatic N) is 3. The highest BCUT2D eigenvalue weighted by Crippen LogP contribution is 2.15. The molecule has 0 aliphatic heterocycles. The van der Waals surface area contributed by atoms with Gasteiger partial charge in [0.05, 0.1) is 12.1 Å². The van der Waals surface area contributed by atoms with Gasteiger partial charge in [-0.25, -0.2) is 0 Å². The molecule has 5 heteroatoms. The second-order valence-corrected chi connectivity index (χ2v) is 3.23. The predicted molar refractivity (Wildman–Crippen MR) is 55.0 cm³/mol. The van der Waals surface area contributed by atoms with Gasteiger partial charge in [-0.15, -0.1) is 0 Å². The Bertz CT molecular complexity index is 435. The maximum absolute atomic E-state index is 5.10. The Morgan fingerprint density at radius 2 is 2.27 bits per heavy atom. The summed E-state index contributed by atoms with van der Waals surface area (Å²) < 4.78 is 5.10. The van der Waals surface area contributed by atoms with Gasteiger partial charge in [-0.2, -0.15) is 4.98 Å². The molecule has 78 valence electrons. The van der Waals surface area contributed by atoms with E-state index in [-0.39, 0.29) is 0 Å². The molecule has 0 aromatic carbocycles. The topological polar surface area (TPSA) is 63.8 Å². The monoisotopic (exact) mass is 204 g/mol. The average Bonchev–Trinajstić information content (AvgIpc) is 2.68. The molecule has 0 amide bonds. The molecule has 2 heterocycles. The van der Waals surface area contributed by atoms with Crippen molar-refractivity contribution in [3.63, 3.8) is 0 Å². The lowest BCUT2D eigenvalue weighted by Gasteiger charge is -1.93. The van der Waals surface area contributed by atoms with Crippen molar-refractivity contribution in [3.05, 3.63) is 29.8 Å². The van der Waals surface area contributed by atoms with E-state index in [0.717, 1.165) is 11.3 Å². The van der Waals surface area contributed by atoms with E-state index in [0.29, 0.717) is 18.3 Å². The predicted octanol–water partition coefficient (Wildman–Crippen LogP) is 1.16. The Labute approximate surface area is 87.5 Å². The minimum atomic E-state index is 0.507. The summed E-state index contributed by atoms with van der Waals surface area (Å²) in [5.74, 6) is 1.15. The van der Waals surface area contributed by atoms with Crippen LogP contribution in [-0.2, 0) is 6.54 Å². The molecule has 5 nitrogen and oxygen atoms in total. The van der Waals surface area contributed by atoms with Gasteiger partial charge in [-0.1, -0.05) is 5.16 Å². The molecule has 2 aromatic rings. The molecule has 0 aliphatic carbocycles. The third-order valence-corrected chi connectivity index (χ3v) is 1.96. The van der Waals surface area contributed by atoms with Crippen LogP contribution in [0.3, 0.4) is 0 Å². The zero-order chi connectivity index (χ0) is 10.7. The van der Waals surface area contributed by atoms with Gasteiger partial charge in [0.2, 0.25) is 0 Å². The number of hydrogen-bond donors (Lipinski definition) is 1. The second kappa shape index (κ2) is 4.18. The molecule has 0 radical (unpaired) electrons. The fourth-order valence-electron chi connectivity index (χ4n) is 1.20. The number of aryl methyl sites for hydroxylation is 1. The van der Waals surface area contributed by atoms with Crippen LogP contribution in [0.1, 0.15) is 11.5 Å². The van der Waals surface area contributed by atoms with Crippen molar-refractivity contribution in [1.82, 2.24) is 20.4 Å². The highest BCUT2D eigenvalue weighted by atomic mass is 16.5. The van der Waals surface area contributed by atoms with Gasteiger partial charge in [0.1, 0.15) is 0 Å². The van der Waals surface area contributed by atoms with E-state index in [1.165, 1.54) is 0 Å². The normalized spacial score (nSPS) is 10.5. The molecule has 1 N–H and O–H groups in total. The number of rotatable bonds is 3. The van der Waals surface area contributed by atoms with E-state index in [1.54, 1.807) is 6.20 Å². The molecule has 2 rings (SSSR count). The first-order valence-electron chi connectivity index (χ1n) is 4.70. The molecule has 0 unspecified atom stereocenters. The fraction of sp³-hybridized carbons (Fsp3) is 0.300. The third kappa shape index (κ3) is 2.19. The van der Waals surface area contributed by atoms with Crippen LogP contribution in [0, 0.1) is 6.92 Å². The summed E-state index contributed by atoms with van der Waals surface area (Å²) in [5, 5.41) is 6.79. The highest BCUT2D eigenvalue weighted by molar-refractivity contribution is 5.50. The van der Waals surface area contributed by atoms with E-state index < -0.39 is 0 Å². The van der Waals surface area contributed by atoms with Crippen LogP contribution in [0.25, 0.3) is 11.5 Å². The Morgan fingerprint density at radius 1 is 1.40 bits per heavy atom. The summed E-state index contributed by atoms with van der Waals surface area (Å²) in [4.78, 5) is 8.39. The van der Waals surface area contributed by atoms with Gasteiger partial charge < -0.3 is 9.84 Å². The summed E-state index contributed by atoms with van der Waals surface area (Å²) >= 11 is 0. The van der Waals surface area contributed by atoms with Crippen LogP contribution in [-0.4, -0.2) is 22.2 Å². The van der Waals surface area contributed by atoms with E-state index in [9.17, 15) is 0 Å². The molecule has 15 heavy (non-hydrogen) atoms. The van der Waals surface area contributed by atoms with Crippen molar-refractivity contribution in [3.8, 4) is 11.5 Å². The first-order chi connectivity index (χ1) is 7.29. The van der Waals surface area contributed by atoms with E-state index in [4.69, 9.17) is 4.52 Å². The van der Waals surface area contributed by atoms with Gasteiger partial charge >= 0.3 is 0 Å². The van der Waals surface area contributed by atoms with E-state index >= 15 is 0 Å². The van der Waals surface area contributed by atoms with Crippen LogP contribution >= 0.6 is 0 Å². The molecule has 2 aromatic heterocycles. The van der Waals surface area contributed by atoms with Crippen molar-refractivity contribution in [2.24, 2.45) is 0 Å². The lowest BCUT2D eigenvalue weighted by atomic mass is 10.2. The molecule has 0 aliphatic rings. The summed E-state index contributed by atoms with van der Waals surface area (Å²) in [6, 6.07) is 3.83. The Hall–Kier alpha value is -1.75. The van der Waals surface area contributed by atoms with Crippen LogP contribution in [0.2, 0.25) is 0 Å². The van der Waals surface area contributed by atoms with Crippen LogP contribution in [0.4, 0.5) is 0 Å². The van der Waals surface area contributed by atoms with Gasteiger partial charge in [0, 0.05) is 11.9 Å². The summed E-state index contributed by atoms with van der Waals surface area (Å²) in [6.07, 6.45) is 1.73. The molecular formula is C10H12N4O. The number of aromatic nitrogens is 3. The van der Waals surface area contributed by atoms with Crippen molar-refractivity contribution < 1.29 is 4.52 Å².